The van der Waals surface area contributed by atoms with Crippen molar-refractivity contribution < 1.29 is 4.74 Å². The predicted octanol–water partition coefficient (Wildman–Crippen LogP) is 1.91. The first kappa shape index (κ1) is 21.7. The minimum atomic E-state index is -0.221. The maximum Gasteiger partial charge on any atom is 0.191 e. The van der Waals surface area contributed by atoms with Gasteiger partial charge in [0.1, 0.15) is 0 Å². The molecule has 0 saturated carbocycles. The van der Waals surface area contributed by atoms with E-state index in [1.54, 1.807) is 7.11 Å². The van der Waals surface area contributed by atoms with E-state index in [0.29, 0.717) is 13.1 Å². The van der Waals surface area contributed by atoms with Crippen LogP contribution in [0, 0.1) is 0 Å². The average Bonchev–Trinajstić information content (AvgIpc) is 2.67. The molecular weight excluding hydrogens is 338 g/mol. The lowest BCUT2D eigenvalue weighted by Gasteiger charge is -2.32. The third-order valence-electron chi connectivity index (χ3n) is 5.02. The molecule has 6 heteroatoms. The number of aliphatic imine (C=N–C) groups is 1. The van der Waals surface area contributed by atoms with E-state index in [2.05, 4.69) is 72.5 Å². The molecule has 1 fully saturated rings. The highest BCUT2D eigenvalue weighted by Gasteiger charge is 2.16. The van der Waals surface area contributed by atoms with E-state index in [-0.39, 0.29) is 5.60 Å². The van der Waals surface area contributed by atoms with Crippen molar-refractivity contribution in [2.24, 2.45) is 4.99 Å². The first-order valence-electron chi connectivity index (χ1n) is 9.98. The molecule has 2 N–H and O–H groups in total. The van der Waals surface area contributed by atoms with Crippen molar-refractivity contribution in [1.29, 1.82) is 0 Å². The quantitative estimate of drug-likeness (QED) is 0.537. The summed E-state index contributed by atoms with van der Waals surface area (Å²) < 4.78 is 5.46. The molecule has 0 unspecified atom stereocenters. The lowest BCUT2D eigenvalue weighted by atomic mass is 10.1. The smallest absolute Gasteiger partial charge is 0.191 e. The molecule has 1 aliphatic rings. The molecular formula is C21H37N5O. The van der Waals surface area contributed by atoms with E-state index in [9.17, 15) is 0 Å². The summed E-state index contributed by atoms with van der Waals surface area (Å²) in [4.78, 5) is 9.61. The summed E-state index contributed by atoms with van der Waals surface area (Å²) in [5.41, 5.74) is 2.38. The Kier molecular flexibility index (Phi) is 8.54. The van der Waals surface area contributed by atoms with Gasteiger partial charge in [0.25, 0.3) is 0 Å². The molecule has 1 heterocycles. The van der Waals surface area contributed by atoms with Crippen LogP contribution in [0.5, 0.6) is 0 Å². The van der Waals surface area contributed by atoms with E-state index in [4.69, 9.17) is 9.73 Å². The molecule has 1 aromatic rings. The topological polar surface area (TPSA) is 52.1 Å². The van der Waals surface area contributed by atoms with Gasteiger partial charge in [-0.2, -0.15) is 0 Å². The number of guanidine groups is 1. The number of methoxy groups -OCH3 is 1. The Balaban J connectivity index is 1.86. The second-order valence-corrected chi connectivity index (χ2v) is 7.91. The first-order valence-corrected chi connectivity index (χ1v) is 9.98. The number of piperazine rings is 1. The molecule has 0 amide bonds. The summed E-state index contributed by atoms with van der Waals surface area (Å²) in [7, 11) is 3.93. The largest absolute Gasteiger partial charge is 0.377 e. The van der Waals surface area contributed by atoms with Crippen LogP contribution in [0.3, 0.4) is 0 Å². The van der Waals surface area contributed by atoms with Crippen LogP contribution in [0.25, 0.3) is 0 Å². The average molecular weight is 376 g/mol. The summed E-state index contributed by atoms with van der Waals surface area (Å²) in [6, 6.07) is 8.85. The van der Waals surface area contributed by atoms with Crippen LogP contribution >= 0.6 is 0 Å². The van der Waals surface area contributed by atoms with Crippen LogP contribution in [0.15, 0.2) is 29.3 Å². The third kappa shape index (κ3) is 7.87. The predicted molar refractivity (Wildman–Crippen MR) is 113 cm³/mol. The zero-order chi connectivity index (χ0) is 19.7. The van der Waals surface area contributed by atoms with Gasteiger partial charge in [-0.05, 0) is 38.9 Å². The highest BCUT2D eigenvalue weighted by molar-refractivity contribution is 5.79. The van der Waals surface area contributed by atoms with Crippen molar-refractivity contribution in [3.63, 3.8) is 0 Å². The fourth-order valence-corrected chi connectivity index (χ4v) is 2.90. The van der Waals surface area contributed by atoms with Gasteiger partial charge >= 0.3 is 0 Å². The number of likely N-dealkylation sites (N-methyl/N-ethyl adjacent to an activating group) is 1. The molecule has 152 valence electrons. The van der Waals surface area contributed by atoms with Crippen molar-refractivity contribution in [1.82, 2.24) is 20.4 Å². The van der Waals surface area contributed by atoms with Gasteiger partial charge in [0.05, 0.1) is 12.1 Å². The van der Waals surface area contributed by atoms with Crippen molar-refractivity contribution in [3.05, 3.63) is 35.4 Å². The summed E-state index contributed by atoms with van der Waals surface area (Å²) in [6.45, 7) is 14.1. The number of hydrogen-bond acceptors (Lipinski definition) is 4. The Morgan fingerprint density at radius 2 is 1.70 bits per heavy atom. The van der Waals surface area contributed by atoms with E-state index in [1.165, 1.54) is 11.1 Å². The molecule has 0 aromatic heterocycles. The van der Waals surface area contributed by atoms with E-state index < -0.39 is 0 Å². The van der Waals surface area contributed by atoms with E-state index in [1.807, 2.05) is 0 Å². The van der Waals surface area contributed by atoms with Gasteiger partial charge in [0.15, 0.2) is 5.96 Å². The fraction of sp³-hybridized carbons (Fsp3) is 0.667. The number of hydrogen-bond donors (Lipinski definition) is 2. The number of ether oxygens (including phenoxy) is 1. The van der Waals surface area contributed by atoms with Crippen molar-refractivity contribution in [2.75, 3.05) is 53.4 Å². The van der Waals surface area contributed by atoms with Gasteiger partial charge in [0, 0.05) is 52.9 Å². The fourth-order valence-electron chi connectivity index (χ4n) is 2.90. The molecule has 27 heavy (non-hydrogen) atoms. The van der Waals surface area contributed by atoms with Crippen molar-refractivity contribution in [2.45, 2.75) is 39.5 Å². The van der Waals surface area contributed by atoms with Gasteiger partial charge in [-0.1, -0.05) is 24.3 Å². The Bertz CT molecular complexity index is 577. The highest BCUT2D eigenvalue weighted by Crippen LogP contribution is 2.10. The van der Waals surface area contributed by atoms with Gasteiger partial charge < -0.3 is 20.3 Å². The third-order valence-corrected chi connectivity index (χ3v) is 5.02. The van der Waals surface area contributed by atoms with Crippen LogP contribution in [0.2, 0.25) is 0 Å². The molecule has 2 rings (SSSR count). The first-order chi connectivity index (χ1) is 12.9. The lowest BCUT2D eigenvalue weighted by molar-refractivity contribution is 0.0268. The van der Waals surface area contributed by atoms with Gasteiger partial charge in [-0.25, -0.2) is 4.99 Å². The van der Waals surface area contributed by atoms with Crippen LogP contribution in [-0.2, 0) is 17.8 Å². The van der Waals surface area contributed by atoms with Crippen LogP contribution < -0.4 is 10.6 Å². The number of rotatable bonds is 8. The summed E-state index contributed by atoms with van der Waals surface area (Å²) >= 11 is 0. The molecule has 0 spiro atoms. The van der Waals surface area contributed by atoms with Crippen molar-refractivity contribution in [3.8, 4) is 0 Å². The molecule has 0 radical (unpaired) electrons. The zero-order valence-corrected chi connectivity index (χ0v) is 17.7. The van der Waals surface area contributed by atoms with Crippen LogP contribution in [0.1, 0.15) is 31.9 Å². The normalized spacial score (nSPS) is 17.1. The van der Waals surface area contributed by atoms with Gasteiger partial charge in [-0.15, -0.1) is 0 Å². The second kappa shape index (κ2) is 10.6. The maximum absolute atomic E-state index is 5.46. The Morgan fingerprint density at radius 3 is 2.30 bits per heavy atom. The number of nitrogens with one attached hydrogen (secondary N) is 2. The summed E-state index contributed by atoms with van der Waals surface area (Å²) in [5, 5.41) is 6.65. The van der Waals surface area contributed by atoms with Crippen molar-refractivity contribution >= 4 is 5.96 Å². The monoisotopic (exact) mass is 375 g/mol. The summed E-state index contributed by atoms with van der Waals surface area (Å²) in [5.74, 6) is 0.823. The van der Waals surface area contributed by atoms with E-state index >= 15 is 0 Å². The second-order valence-electron chi connectivity index (χ2n) is 7.91. The Morgan fingerprint density at radius 1 is 1.07 bits per heavy atom. The lowest BCUT2D eigenvalue weighted by Crippen LogP contribution is -2.45. The Labute approximate surface area is 165 Å². The maximum atomic E-state index is 5.46. The highest BCUT2D eigenvalue weighted by atomic mass is 16.5. The molecule has 6 nitrogen and oxygen atoms in total. The Hall–Kier alpha value is -1.63. The molecule has 0 atom stereocenters. The van der Waals surface area contributed by atoms with E-state index in [0.717, 1.165) is 45.2 Å². The standard InChI is InChI=1S/C21H37N5O/c1-6-22-20(24-17-21(2,3)27-5)23-15-18-7-9-19(10-8-18)16-26-13-11-25(4)12-14-26/h7-10H,6,11-17H2,1-5H3,(H2,22,23,24). The summed E-state index contributed by atoms with van der Waals surface area (Å²) in [6.07, 6.45) is 0. The minimum absolute atomic E-state index is 0.221. The van der Waals surface area contributed by atoms with Gasteiger partial charge in [0.2, 0.25) is 0 Å². The molecule has 1 aromatic carbocycles. The zero-order valence-electron chi connectivity index (χ0n) is 17.7. The molecule has 1 aliphatic heterocycles. The van der Waals surface area contributed by atoms with Crippen LogP contribution in [-0.4, -0.2) is 74.8 Å². The molecule has 1 saturated heterocycles. The van der Waals surface area contributed by atoms with Gasteiger partial charge in [-0.3, -0.25) is 4.90 Å². The number of nitrogens with zero attached hydrogens (tertiary/aromatic N) is 3. The molecule has 0 bridgehead atoms. The number of benzene rings is 1. The SMILES string of the molecule is CCNC(=NCc1ccc(CN2CCN(C)CC2)cc1)NCC(C)(C)OC. The molecule has 0 aliphatic carbocycles. The minimum Gasteiger partial charge on any atom is -0.377 e. The van der Waals surface area contributed by atoms with Crippen LogP contribution in [0.4, 0.5) is 0 Å².